The van der Waals surface area contributed by atoms with E-state index in [2.05, 4.69) is 97.8 Å². The molecular weight excluding hydrogens is 418 g/mol. The third-order valence-electron chi connectivity index (χ3n) is 5.69. The van der Waals surface area contributed by atoms with Gasteiger partial charge in [-0.3, -0.25) is 4.79 Å². The van der Waals surface area contributed by atoms with Crippen molar-refractivity contribution in [3.63, 3.8) is 0 Å². The zero-order chi connectivity index (χ0) is 24.8. The van der Waals surface area contributed by atoms with Gasteiger partial charge >= 0.3 is 5.97 Å². The first-order valence-corrected chi connectivity index (χ1v) is 11.9. The van der Waals surface area contributed by atoms with Crippen molar-refractivity contribution < 1.29 is 9.90 Å². The number of hydrogen-bond donors (Lipinski definition) is 1. The topological polar surface area (TPSA) is 42.2 Å². The number of nitrogens with zero attached hydrogens (tertiary/aromatic N) is 1. The van der Waals surface area contributed by atoms with Gasteiger partial charge in [-0.2, -0.15) is 0 Å². The molecule has 0 amide bonds. The van der Waals surface area contributed by atoms with Crippen LogP contribution in [0.15, 0.2) is 97.6 Å². The monoisotopic (exact) mass is 455 g/mol. The summed E-state index contributed by atoms with van der Waals surface area (Å²) in [6, 6.07) is 23.6. The van der Waals surface area contributed by atoms with Gasteiger partial charge in [0.05, 0.1) is 0 Å². The molecule has 3 rings (SSSR count). The molecule has 0 spiro atoms. The lowest BCUT2D eigenvalue weighted by atomic mass is 10.1. The molecule has 178 valence electrons. The average Bonchev–Trinajstić information content (AvgIpc) is 3.28. The van der Waals surface area contributed by atoms with Crippen molar-refractivity contribution in [3.05, 3.63) is 120 Å². The first kappa shape index (κ1) is 26.7. The summed E-state index contributed by atoms with van der Waals surface area (Å²) in [5, 5.41) is 8.82. The van der Waals surface area contributed by atoms with Gasteiger partial charge in [-0.25, -0.2) is 0 Å². The number of aliphatic carboxylic acids is 1. The lowest BCUT2D eigenvalue weighted by Crippen LogP contribution is -2.05. The van der Waals surface area contributed by atoms with Gasteiger partial charge in [-0.1, -0.05) is 73.3 Å². The van der Waals surface area contributed by atoms with E-state index >= 15 is 0 Å². The summed E-state index contributed by atoms with van der Waals surface area (Å²) in [6.45, 7) is 9.64. The van der Waals surface area contributed by atoms with E-state index in [0.29, 0.717) is 6.42 Å². The number of carboxylic acids is 1. The maximum Gasteiger partial charge on any atom is 0.303 e. The van der Waals surface area contributed by atoms with Crippen LogP contribution in [0.25, 0.3) is 11.3 Å². The summed E-state index contributed by atoms with van der Waals surface area (Å²) < 4.78 is 2.35. The summed E-state index contributed by atoms with van der Waals surface area (Å²) in [5.41, 5.74) is 7.44. The van der Waals surface area contributed by atoms with Crippen LogP contribution in [-0.2, 0) is 24.1 Å². The fourth-order valence-electron chi connectivity index (χ4n) is 3.74. The molecule has 0 bridgehead atoms. The second-order valence-corrected chi connectivity index (χ2v) is 8.18. The van der Waals surface area contributed by atoms with E-state index in [1.807, 2.05) is 19.1 Å². The van der Waals surface area contributed by atoms with E-state index in [1.165, 1.54) is 28.1 Å². The highest BCUT2D eigenvalue weighted by atomic mass is 16.4. The molecule has 3 heteroatoms. The predicted molar refractivity (Wildman–Crippen MR) is 145 cm³/mol. The van der Waals surface area contributed by atoms with Crippen LogP contribution in [0.3, 0.4) is 0 Å². The van der Waals surface area contributed by atoms with Gasteiger partial charge in [0.1, 0.15) is 0 Å². The number of allylic oxidation sites excluding steroid dienone is 5. The standard InChI is InChI=1S/C26H29NO2.C5H8/c1-3-20(2)25-19-18-24(15-12-21-8-5-4-6-9-21)27(25)23-16-13-22(14-17-23)10-7-11-26(28)29;1-3-5-4-2/h3-6,8-9,13-14,16-19H,7,10-12,15H2,1-2H3,(H,28,29);3-5H,1H2,2H3/b20-3+;5-4-. The number of benzene rings is 2. The third-order valence-corrected chi connectivity index (χ3v) is 5.69. The minimum Gasteiger partial charge on any atom is -0.481 e. The highest BCUT2D eigenvalue weighted by molar-refractivity contribution is 5.66. The molecule has 1 aromatic heterocycles. The van der Waals surface area contributed by atoms with E-state index < -0.39 is 5.97 Å². The van der Waals surface area contributed by atoms with Crippen molar-refractivity contribution in [2.75, 3.05) is 0 Å². The Kier molecular flexibility index (Phi) is 11.4. The van der Waals surface area contributed by atoms with Crippen LogP contribution in [0, 0.1) is 0 Å². The molecule has 0 saturated carbocycles. The van der Waals surface area contributed by atoms with Gasteiger partial charge in [0.25, 0.3) is 0 Å². The molecule has 0 atom stereocenters. The normalized spacial score (nSPS) is 11.2. The third kappa shape index (κ3) is 8.40. The fraction of sp³-hybridized carbons (Fsp3) is 0.258. The average molecular weight is 456 g/mol. The van der Waals surface area contributed by atoms with Crippen molar-refractivity contribution in [1.82, 2.24) is 4.57 Å². The molecule has 0 radical (unpaired) electrons. The Morgan fingerprint density at radius 2 is 1.59 bits per heavy atom. The van der Waals surface area contributed by atoms with Crippen LogP contribution in [0.5, 0.6) is 0 Å². The maximum absolute atomic E-state index is 10.7. The van der Waals surface area contributed by atoms with Gasteiger partial charge in [-0.05, 0) is 87.4 Å². The predicted octanol–water partition coefficient (Wildman–Crippen LogP) is 7.84. The van der Waals surface area contributed by atoms with E-state index in [9.17, 15) is 4.79 Å². The lowest BCUT2D eigenvalue weighted by molar-refractivity contribution is -0.137. The summed E-state index contributed by atoms with van der Waals surface area (Å²) in [7, 11) is 0. The summed E-state index contributed by atoms with van der Waals surface area (Å²) in [4.78, 5) is 10.7. The molecule has 0 aliphatic carbocycles. The van der Waals surface area contributed by atoms with Crippen LogP contribution in [-0.4, -0.2) is 15.6 Å². The number of aromatic nitrogens is 1. The Labute approximate surface area is 204 Å². The molecule has 2 aromatic carbocycles. The number of rotatable bonds is 10. The van der Waals surface area contributed by atoms with Gasteiger partial charge < -0.3 is 9.67 Å². The van der Waals surface area contributed by atoms with Gasteiger partial charge in [0.15, 0.2) is 0 Å². The van der Waals surface area contributed by atoms with Crippen LogP contribution >= 0.6 is 0 Å². The molecule has 0 unspecified atom stereocenters. The first-order chi connectivity index (χ1) is 16.5. The number of carbonyl (C=O) groups is 1. The van der Waals surface area contributed by atoms with E-state index in [4.69, 9.17) is 5.11 Å². The zero-order valence-electron chi connectivity index (χ0n) is 20.7. The van der Waals surface area contributed by atoms with Crippen LogP contribution < -0.4 is 0 Å². The van der Waals surface area contributed by atoms with Crippen molar-refractivity contribution >= 4 is 11.5 Å². The molecule has 0 aliphatic rings. The van der Waals surface area contributed by atoms with Gasteiger partial charge in [-0.15, -0.1) is 0 Å². The van der Waals surface area contributed by atoms with E-state index in [1.54, 1.807) is 6.08 Å². The maximum atomic E-state index is 10.7. The first-order valence-electron chi connectivity index (χ1n) is 11.9. The number of aryl methyl sites for hydroxylation is 3. The van der Waals surface area contributed by atoms with Crippen LogP contribution in [0.2, 0.25) is 0 Å². The molecule has 3 nitrogen and oxygen atoms in total. The molecule has 1 heterocycles. The lowest BCUT2D eigenvalue weighted by Gasteiger charge is -2.15. The Balaban J connectivity index is 0.000000739. The summed E-state index contributed by atoms with van der Waals surface area (Å²) in [6.07, 6.45) is 11.4. The molecular formula is C31H37NO2. The fourth-order valence-corrected chi connectivity index (χ4v) is 3.74. The molecule has 1 N–H and O–H groups in total. The minimum absolute atomic E-state index is 0.216. The van der Waals surface area contributed by atoms with Gasteiger partial charge in [0.2, 0.25) is 0 Å². The Morgan fingerprint density at radius 3 is 2.15 bits per heavy atom. The smallest absolute Gasteiger partial charge is 0.303 e. The second kappa shape index (κ2) is 14.5. The van der Waals surface area contributed by atoms with Crippen LogP contribution in [0.4, 0.5) is 0 Å². The number of hydrogen-bond acceptors (Lipinski definition) is 1. The van der Waals surface area contributed by atoms with Crippen molar-refractivity contribution in [2.45, 2.75) is 52.9 Å². The Hall–Kier alpha value is -3.59. The van der Waals surface area contributed by atoms with Crippen molar-refractivity contribution in [2.24, 2.45) is 0 Å². The quantitative estimate of drug-likeness (QED) is 0.316. The van der Waals surface area contributed by atoms with E-state index in [-0.39, 0.29) is 6.42 Å². The van der Waals surface area contributed by atoms with E-state index in [0.717, 1.165) is 24.9 Å². The Morgan fingerprint density at radius 1 is 0.912 bits per heavy atom. The van der Waals surface area contributed by atoms with Gasteiger partial charge in [0, 0.05) is 23.5 Å². The summed E-state index contributed by atoms with van der Waals surface area (Å²) >= 11 is 0. The Bertz CT molecular complexity index is 1090. The van der Waals surface area contributed by atoms with Crippen LogP contribution in [0.1, 0.15) is 56.1 Å². The molecule has 0 saturated heterocycles. The highest BCUT2D eigenvalue weighted by Gasteiger charge is 2.12. The molecule has 34 heavy (non-hydrogen) atoms. The highest BCUT2D eigenvalue weighted by Crippen LogP contribution is 2.25. The summed E-state index contributed by atoms with van der Waals surface area (Å²) in [5.74, 6) is -0.733. The number of carboxylic acid groups (broad SMARTS) is 1. The largest absolute Gasteiger partial charge is 0.481 e. The van der Waals surface area contributed by atoms with Crippen molar-refractivity contribution in [3.8, 4) is 5.69 Å². The van der Waals surface area contributed by atoms with Crippen molar-refractivity contribution in [1.29, 1.82) is 0 Å². The second-order valence-electron chi connectivity index (χ2n) is 8.18. The molecule has 0 fully saturated rings. The molecule has 0 aliphatic heterocycles. The molecule has 3 aromatic rings. The minimum atomic E-state index is -0.733. The SMILES string of the molecule is C/C=C(\C)c1ccc(CCc2ccccc2)n1-c1ccc(CCCC(=O)O)cc1.C=C/C=C\C. The zero-order valence-corrected chi connectivity index (χ0v) is 20.7.